The molecule has 1 unspecified atom stereocenters. The zero-order chi connectivity index (χ0) is 13.7. The summed E-state index contributed by atoms with van der Waals surface area (Å²) in [5.41, 5.74) is 1.36. The molecule has 0 aromatic heterocycles. The minimum absolute atomic E-state index is 0. The van der Waals surface area contributed by atoms with Gasteiger partial charge in [0.2, 0.25) is 0 Å². The Morgan fingerprint density at radius 2 is 1.50 bits per heavy atom. The maximum Gasteiger partial charge on any atom is 0.0877 e. The normalized spacial score (nSPS) is 13.3. The third-order valence-electron chi connectivity index (χ3n) is 3.46. The lowest BCUT2D eigenvalue weighted by Crippen LogP contribution is -2.11. The number of benzene rings is 2. The van der Waals surface area contributed by atoms with Gasteiger partial charge in [-0.15, -0.1) is 0 Å². The van der Waals surface area contributed by atoms with Crippen LogP contribution in [0, 0.1) is 5.92 Å². The molecule has 0 aliphatic carbocycles. The molecule has 2 aromatic rings. The average Bonchev–Trinajstić information content (AvgIpc) is 2.48. The standard InChI is InChI=1S/C17H21OP.B/c1-3-14(2)13-15-9-11-17(12-10-15)19(18)16-7-5-4-6-8-16;/h4-12,14,18H,3,13H2,1-2H3;/t14-,19?;/m1./s1. The zero-order valence-electron chi connectivity index (χ0n) is 12.2. The molecule has 0 heterocycles. The molecular weight excluding hydrogens is 262 g/mol. The molecule has 2 aromatic carbocycles. The van der Waals surface area contributed by atoms with Gasteiger partial charge in [0.25, 0.3) is 0 Å². The summed E-state index contributed by atoms with van der Waals surface area (Å²) in [4.78, 5) is 10.4. The van der Waals surface area contributed by atoms with Gasteiger partial charge in [-0.2, -0.15) is 0 Å². The summed E-state index contributed by atoms with van der Waals surface area (Å²) in [6.07, 6.45) is 2.32. The molecule has 20 heavy (non-hydrogen) atoms. The first-order valence-electron chi connectivity index (χ1n) is 6.83. The average molecular weight is 283 g/mol. The Hall–Kier alpha value is -1.11. The Morgan fingerprint density at radius 3 is 2.05 bits per heavy atom. The van der Waals surface area contributed by atoms with Crippen molar-refractivity contribution in [3.8, 4) is 0 Å². The monoisotopic (exact) mass is 283 g/mol. The summed E-state index contributed by atoms with van der Waals surface area (Å²) in [6.45, 7) is 4.50. The van der Waals surface area contributed by atoms with Crippen molar-refractivity contribution in [2.75, 3.05) is 0 Å². The van der Waals surface area contributed by atoms with E-state index < -0.39 is 8.15 Å². The minimum Gasteiger partial charge on any atom is -0.364 e. The molecule has 0 aliphatic heterocycles. The minimum atomic E-state index is -1.21. The van der Waals surface area contributed by atoms with Crippen LogP contribution in [-0.4, -0.2) is 13.3 Å². The van der Waals surface area contributed by atoms with E-state index in [-0.39, 0.29) is 8.41 Å². The number of hydrogen-bond acceptors (Lipinski definition) is 1. The van der Waals surface area contributed by atoms with Gasteiger partial charge in [0, 0.05) is 19.0 Å². The van der Waals surface area contributed by atoms with Gasteiger partial charge in [-0.1, -0.05) is 74.9 Å². The Morgan fingerprint density at radius 1 is 0.950 bits per heavy atom. The van der Waals surface area contributed by atoms with Gasteiger partial charge < -0.3 is 4.89 Å². The van der Waals surface area contributed by atoms with Crippen LogP contribution in [0.5, 0.6) is 0 Å². The fourth-order valence-electron chi connectivity index (χ4n) is 2.04. The van der Waals surface area contributed by atoms with E-state index in [1.54, 1.807) is 0 Å². The summed E-state index contributed by atoms with van der Waals surface area (Å²) < 4.78 is 0. The van der Waals surface area contributed by atoms with Crippen molar-refractivity contribution in [3.05, 3.63) is 60.2 Å². The van der Waals surface area contributed by atoms with Gasteiger partial charge in [0.1, 0.15) is 0 Å². The molecule has 1 N–H and O–H groups in total. The van der Waals surface area contributed by atoms with Crippen LogP contribution in [0.1, 0.15) is 25.8 Å². The second kappa shape index (κ2) is 8.24. The van der Waals surface area contributed by atoms with Crippen LogP contribution in [0.2, 0.25) is 0 Å². The van der Waals surface area contributed by atoms with E-state index in [4.69, 9.17) is 0 Å². The zero-order valence-corrected chi connectivity index (χ0v) is 13.1. The number of rotatable bonds is 5. The van der Waals surface area contributed by atoms with Gasteiger partial charge in [-0.25, -0.2) is 0 Å². The Kier molecular flexibility index (Phi) is 6.98. The molecule has 0 spiro atoms. The van der Waals surface area contributed by atoms with Gasteiger partial charge in [0.05, 0.1) is 8.15 Å². The Bertz CT molecular complexity index is 498. The quantitative estimate of drug-likeness (QED) is 0.659. The van der Waals surface area contributed by atoms with Crippen molar-refractivity contribution >= 4 is 27.2 Å². The van der Waals surface area contributed by atoms with Crippen LogP contribution in [-0.2, 0) is 6.42 Å². The lowest BCUT2D eigenvalue weighted by atomic mass is 9.99. The highest BCUT2D eigenvalue weighted by Gasteiger charge is 2.10. The smallest absolute Gasteiger partial charge is 0.0877 e. The van der Waals surface area contributed by atoms with Crippen molar-refractivity contribution in [1.29, 1.82) is 0 Å². The highest BCUT2D eigenvalue weighted by molar-refractivity contribution is 7.67. The molecule has 0 aliphatic rings. The fraction of sp³-hybridized carbons (Fsp3) is 0.294. The molecule has 0 saturated carbocycles. The van der Waals surface area contributed by atoms with E-state index in [1.807, 2.05) is 30.3 Å². The summed E-state index contributed by atoms with van der Waals surface area (Å²) in [7, 11) is -1.21. The molecule has 103 valence electrons. The lowest BCUT2D eigenvalue weighted by Gasteiger charge is -2.13. The maximum atomic E-state index is 10.4. The SMILES string of the molecule is CC[C@@H](C)Cc1ccc(P(O)c2ccccc2)cc1.[B]. The van der Waals surface area contributed by atoms with Crippen molar-refractivity contribution in [2.24, 2.45) is 5.92 Å². The van der Waals surface area contributed by atoms with Crippen LogP contribution in [0.3, 0.4) is 0 Å². The second-order valence-corrected chi connectivity index (χ2v) is 6.69. The summed E-state index contributed by atoms with van der Waals surface area (Å²) in [6, 6.07) is 18.3. The molecule has 0 bridgehead atoms. The Balaban J connectivity index is 0.00000200. The van der Waals surface area contributed by atoms with E-state index in [1.165, 1.54) is 12.0 Å². The summed E-state index contributed by atoms with van der Waals surface area (Å²) in [5, 5.41) is 2.03. The second-order valence-electron chi connectivity index (χ2n) is 5.03. The van der Waals surface area contributed by atoms with Crippen molar-refractivity contribution < 1.29 is 4.89 Å². The molecule has 2 atom stereocenters. The molecule has 3 heteroatoms. The van der Waals surface area contributed by atoms with E-state index in [2.05, 4.69) is 38.1 Å². The van der Waals surface area contributed by atoms with Crippen molar-refractivity contribution in [1.82, 2.24) is 0 Å². The molecule has 1 nitrogen and oxygen atoms in total. The maximum absolute atomic E-state index is 10.4. The topological polar surface area (TPSA) is 20.2 Å². The summed E-state index contributed by atoms with van der Waals surface area (Å²) in [5.74, 6) is 0.718. The highest BCUT2D eigenvalue weighted by atomic mass is 31.1. The van der Waals surface area contributed by atoms with Crippen LogP contribution >= 0.6 is 8.15 Å². The molecule has 2 rings (SSSR count). The highest BCUT2D eigenvalue weighted by Crippen LogP contribution is 2.27. The van der Waals surface area contributed by atoms with E-state index >= 15 is 0 Å². The van der Waals surface area contributed by atoms with Crippen molar-refractivity contribution in [3.63, 3.8) is 0 Å². The summed E-state index contributed by atoms with van der Waals surface area (Å²) >= 11 is 0. The van der Waals surface area contributed by atoms with E-state index in [9.17, 15) is 4.89 Å². The van der Waals surface area contributed by atoms with Gasteiger partial charge in [-0.3, -0.25) is 0 Å². The van der Waals surface area contributed by atoms with Gasteiger partial charge >= 0.3 is 0 Å². The first-order chi connectivity index (χ1) is 9.20. The molecular formula is C17H21BOP. The van der Waals surface area contributed by atoms with Crippen LogP contribution in [0.15, 0.2) is 54.6 Å². The largest absolute Gasteiger partial charge is 0.364 e. The molecule has 0 amide bonds. The Labute approximate surface area is 125 Å². The third-order valence-corrected chi connectivity index (χ3v) is 5.04. The molecule has 0 saturated heterocycles. The predicted molar refractivity (Wildman–Crippen MR) is 90.2 cm³/mol. The van der Waals surface area contributed by atoms with Crippen LogP contribution < -0.4 is 10.6 Å². The molecule has 0 fully saturated rings. The first kappa shape index (κ1) is 16.9. The van der Waals surface area contributed by atoms with Gasteiger partial charge in [0.15, 0.2) is 0 Å². The van der Waals surface area contributed by atoms with E-state index in [0.717, 1.165) is 22.9 Å². The van der Waals surface area contributed by atoms with Crippen molar-refractivity contribution in [2.45, 2.75) is 26.7 Å². The van der Waals surface area contributed by atoms with Crippen LogP contribution in [0.25, 0.3) is 0 Å². The number of hydrogen-bond donors (Lipinski definition) is 1. The lowest BCUT2D eigenvalue weighted by molar-refractivity contribution is 0.560. The molecule has 3 radical (unpaired) electrons. The fourth-order valence-corrected chi connectivity index (χ4v) is 3.22. The van der Waals surface area contributed by atoms with Gasteiger partial charge in [-0.05, 0) is 17.9 Å². The predicted octanol–water partition coefficient (Wildman–Crippen LogP) is 3.23. The van der Waals surface area contributed by atoms with Crippen LogP contribution in [0.4, 0.5) is 0 Å². The first-order valence-corrected chi connectivity index (χ1v) is 8.13. The third kappa shape index (κ3) is 4.47. The van der Waals surface area contributed by atoms with E-state index in [0.29, 0.717) is 0 Å².